The van der Waals surface area contributed by atoms with E-state index in [0.29, 0.717) is 31.2 Å². The third-order valence-electron chi connectivity index (χ3n) is 3.38. The van der Waals surface area contributed by atoms with Crippen molar-refractivity contribution in [3.8, 4) is 11.5 Å². The summed E-state index contributed by atoms with van der Waals surface area (Å²) >= 11 is 0. The number of aliphatic carboxylic acids is 1. The topological polar surface area (TPSA) is 92.4 Å². The van der Waals surface area contributed by atoms with Crippen LogP contribution in [-0.2, 0) is 4.79 Å². The highest BCUT2D eigenvalue weighted by molar-refractivity contribution is 5.72. The van der Waals surface area contributed by atoms with Gasteiger partial charge in [-0.1, -0.05) is 5.16 Å². The van der Waals surface area contributed by atoms with Gasteiger partial charge in [0.15, 0.2) is 5.82 Å². The Morgan fingerprint density at radius 2 is 2.35 bits per heavy atom. The molecular weight excluding hydrogens is 260 g/mol. The molecule has 1 fully saturated rings. The van der Waals surface area contributed by atoms with Crippen molar-refractivity contribution >= 4 is 11.8 Å². The molecule has 1 atom stereocenters. The number of hydrogen-bond acceptors (Lipinski definition) is 6. The van der Waals surface area contributed by atoms with Crippen LogP contribution in [0.3, 0.4) is 0 Å². The summed E-state index contributed by atoms with van der Waals surface area (Å²) in [5.74, 6) is 0.730. The first-order chi connectivity index (χ1) is 9.63. The van der Waals surface area contributed by atoms with Crippen LogP contribution in [0.5, 0.6) is 0 Å². The number of rotatable bonds is 3. The van der Waals surface area contributed by atoms with Gasteiger partial charge in [-0.15, -0.1) is 0 Å². The number of nitrogens with zero attached hydrogens (tertiary/aromatic N) is 4. The van der Waals surface area contributed by atoms with Gasteiger partial charge in [-0.2, -0.15) is 4.98 Å². The summed E-state index contributed by atoms with van der Waals surface area (Å²) < 4.78 is 5.07. The second-order valence-electron chi connectivity index (χ2n) is 4.82. The molecule has 2 aromatic rings. The highest BCUT2D eigenvalue weighted by Crippen LogP contribution is 2.24. The Labute approximate surface area is 115 Å². The molecular formula is C13H14N4O3. The monoisotopic (exact) mass is 274 g/mol. The number of anilines is 1. The standard InChI is InChI=1S/C13H14N4O3/c1-8-15-12(20-16-8)9-2-3-11(14-6-9)17-5-4-10(7-17)13(18)19/h2-3,6,10H,4-5,7H2,1H3,(H,18,19)/t10-/m0/s1. The predicted octanol–water partition coefficient (Wildman–Crippen LogP) is 1.35. The van der Waals surface area contributed by atoms with Crippen LogP contribution in [0.2, 0.25) is 0 Å². The first kappa shape index (κ1) is 12.6. The van der Waals surface area contributed by atoms with Crippen molar-refractivity contribution in [2.75, 3.05) is 18.0 Å². The van der Waals surface area contributed by atoms with Gasteiger partial charge in [-0.25, -0.2) is 4.98 Å². The molecule has 0 saturated carbocycles. The third kappa shape index (κ3) is 2.34. The lowest BCUT2D eigenvalue weighted by atomic mass is 10.1. The zero-order chi connectivity index (χ0) is 14.1. The Balaban J connectivity index is 1.75. The summed E-state index contributed by atoms with van der Waals surface area (Å²) in [5, 5.41) is 12.7. The van der Waals surface area contributed by atoms with Crippen molar-refractivity contribution in [1.82, 2.24) is 15.1 Å². The number of aryl methyl sites for hydroxylation is 1. The molecule has 0 aliphatic carbocycles. The number of hydrogen-bond donors (Lipinski definition) is 1. The minimum Gasteiger partial charge on any atom is -0.481 e. The molecule has 0 bridgehead atoms. The Hall–Kier alpha value is -2.44. The molecule has 1 aliphatic heterocycles. The van der Waals surface area contributed by atoms with Gasteiger partial charge in [0.2, 0.25) is 0 Å². The minimum absolute atomic E-state index is 0.310. The zero-order valence-electron chi connectivity index (χ0n) is 11.0. The number of aromatic nitrogens is 3. The van der Waals surface area contributed by atoms with Crippen molar-refractivity contribution in [2.45, 2.75) is 13.3 Å². The van der Waals surface area contributed by atoms with Crippen LogP contribution in [0.15, 0.2) is 22.9 Å². The van der Waals surface area contributed by atoms with Gasteiger partial charge in [0, 0.05) is 19.3 Å². The van der Waals surface area contributed by atoms with E-state index in [2.05, 4.69) is 15.1 Å². The van der Waals surface area contributed by atoms with E-state index in [4.69, 9.17) is 9.63 Å². The summed E-state index contributed by atoms with van der Waals surface area (Å²) in [6.07, 6.45) is 2.32. The van der Waals surface area contributed by atoms with Crippen LogP contribution in [-0.4, -0.2) is 39.3 Å². The van der Waals surface area contributed by atoms with E-state index in [9.17, 15) is 4.79 Å². The van der Waals surface area contributed by atoms with E-state index in [1.807, 2.05) is 17.0 Å². The quantitative estimate of drug-likeness (QED) is 0.903. The second kappa shape index (κ2) is 4.92. The van der Waals surface area contributed by atoms with E-state index in [-0.39, 0.29) is 5.92 Å². The maximum absolute atomic E-state index is 10.9. The number of carboxylic acids is 1. The minimum atomic E-state index is -0.745. The summed E-state index contributed by atoms with van der Waals surface area (Å²) in [7, 11) is 0. The van der Waals surface area contributed by atoms with Gasteiger partial charge in [0.25, 0.3) is 5.89 Å². The molecule has 0 aromatic carbocycles. The summed E-state index contributed by atoms with van der Waals surface area (Å²) in [5.41, 5.74) is 0.753. The normalized spacial score (nSPS) is 18.4. The molecule has 20 heavy (non-hydrogen) atoms. The number of carboxylic acid groups (broad SMARTS) is 1. The highest BCUT2D eigenvalue weighted by atomic mass is 16.5. The average Bonchev–Trinajstić information content (AvgIpc) is 3.08. The van der Waals surface area contributed by atoms with Gasteiger partial charge in [-0.3, -0.25) is 4.79 Å². The fraction of sp³-hybridized carbons (Fsp3) is 0.385. The fourth-order valence-corrected chi connectivity index (χ4v) is 2.28. The summed E-state index contributed by atoms with van der Waals surface area (Å²) in [6.45, 7) is 2.97. The molecule has 1 saturated heterocycles. The lowest BCUT2D eigenvalue weighted by molar-refractivity contribution is -0.140. The van der Waals surface area contributed by atoms with Crippen LogP contribution in [0, 0.1) is 12.8 Å². The molecule has 3 heterocycles. The van der Waals surface area contributed by atoms with Gasteiger partial charge in [-0.05, 0) is 25.5 Å². The highest BCUT2D eigenvalue weighted by Gasteiger charge is 2.28. The summed E-state index contributed by atoms with van der Waals surface area (Å²) in [6, 6.07) is 3.70. The predicted molar refractivity (Wildman–Crippen MR) is 70.2 cm³/mol. The Morgan fingerprint density at radius 1 is 1.50 bits per heavy atom. The molecule has 104 valence electrons. The molecule has 0 unspecified atom stereocenters. The van der Waals surface area contributed by atoms with Crippen molar-refractivity contribution in [3.63, 3.8) is 0 Å². The van der Waals surface area contributed by atoms with Crippen LogP contribution in [0.25, 0.3) is 11.5 Å². The lowest BCUT2D eigenvalue weighted by Crippen LogP contribution is -2.23. The first-order valence-electron chi connectivity index (χ1n) is 6.38. The van der Waals surface area contributed by atoms with Crippen LogP contribution >= 0.6 is 0 Å². The van der Waals surface area contributed by atoms with E-state index in [1.54, 1.807) is 13.1 Å². The van der Waals surface area contributed by atoms with E-state index in [1.165, 1.54) is 0 Å². The zero-order valence-corrected chi connectivity index (χ0v) is 11.0. The maximum atomic E-state index is 10.9. The number of carbonyl (C=O) groups is 1. The fourth-order valence-electron chi connectivity index (χ4n) is 2.28. The molecule has 0 spiro atoms. The van der Waals surface area contributed by atoms with Gasteiger partial charge < -0.3 is 14.5 Å². The van der Waals surface area contributed by atoms with E-state index >= 15 is 0 Å². The van der Waals surface area contributed by atoms with Crippen LogP contribution < -0.4 is 4.90 Å². The summed E-state index contributed by atoms with van der Waals surface area (Å²) in [4.78, 5) is 21.4. The largest absolute Gasteiger partial charge is 0.481 e. The Kier molecular flexibility index (Phi) is 3.09. The number of pyridine rings is 1. The van der Waals surface area contributed by atoms with Gasteiger partial charge >= 0.3 is 5.97 Å². The molecule has 0 radical (unpaired) electrons. The Morgan fingerprint density at radius 3 is 2.90 bits per heavy atom. The molecule has 7 heteroatoms. The smallest absolute Gasteiger partial charge is 0.308 e. The van der Waals surface area contributed by atoms with Crippen molar-refractivity contribution < 1.29 is 14.4 Å². The first-order valence-corrected chi connectivity index (χ1v) is 6.38. The van der Waals surface area contributed by atoms with Gasteiger partial charge in [0.05, 0.1) is 11.5 Å². The van der Waals surface area contributed by atoms with Crippen LogP contribution in [0.4, 0.5) is 5.82 Å². The molecule has 1 N–H and O–H groups in total. The lowest BCUT2D eigenvalue weighted by Gasteiger charge is -2.16. The SMILES string of the molecule is Cc1noc(-c2ccc(N3CC[C@H](C(=O)O)C3)nc2)n1. The maximum Gasteiger partial charge on any atom is 0.308 e. The molecule has 1 aliphatic rings. The molecule has 2 aromatic heterocycles. The second-order valence-corrected chi connectivity index (χ2v) is 4.82. The van der Waals surface area contributed by atoms with Crippen molar-refractivity contribution in [1.29, 1.82) is 0 Å². The average molecular weight is 274 g/mol. The van der Waals surface area contributed by atoms with E-state index < -0.39 is 5.97 Å². The van der Waals surface area contributed by atoms with Crippen LogP contribution in [0.1, 0.15) is 12.2 Å². The molecule has 3 rings (SSSR count). The molecule has 0 amide bonds. The third-order valence-corrected chi connectivity index (χ3v) is 3.38. The van der Waals surface area contributed by atoms with Crippen molar-refractivity contribution in [2.24, 2.45) is 5.92 Å². The molecule has 7 nitrogen and oxygen atoms in total. The van der Waals surface area contributed by atoms with E-state index in [0.717, 1.165) is 11.4 Å². The van der Waals surface area contributed by atoms with Gasteiger partial charge in [0.1, 0.15) is 5.82 Å². The Bertz CT molecular complexity index is 623. The van der Waals surface area contributed by atoms with Crippen molar-refractivity contribution in [3.05, 3.63) is 24.2 Å².